The van der Waals surface area contributed by atoms with Gasteiger partial charge in [0.1, 0.15) is 0 Å². The Labute approximate surface area is 117 Å². The van der Waals surface area contributed by atoms with Crippen LogP contribution in [0.5, 0.6) is 0 Å². The maximum absolute atomic E-state index is 9.29. The Balaban J connectivity index is 2.13. The Bertz CT molecular complexity index is 494. The highest BCUT2D eigenvalue weighted by Crippen LogP contribution is 2.31. The SMILES string of the molecule is CCSc1ccc(Sc2ccccc2CO)cc1. The van der Waals surface area contributed by atoms with Crippen molar-refractivity contribution < 1.29 is 5.11 Å². The number of hydrogen-bond donors (Lipinski definition) is 1. The number of rotatable bonds is 5. The molecule has 0 aromatic heterocycles. The summed E-state index contributed by atoms with van der Waals surface area (Å²) in [6.45, 7) is 2.25. The Kier molecular flexibility index (Phi) is 5.17. The van der Waals surface area contributed by atoms with Crippen molar-refractivity contribution in [3.63, 3.8) is 0 Å². The van der Waals surface area contributed by atoms with Crippen LogP contribution >= 0.6 is 23.5 Å². The minimum atomic E-state index is 0.0902. The maximum Gasteiger partial charge on any atom is 0.0692 e. The van der Waals surface area contributed by atoms with Crippen LogP contribution in [-0.2, 0) is 6.61 Å². The lowest BCUT2D eigenvalue weighted by atomic mass is 10.2. The number of aliphatic hydroxyl groups excluding tert-OH is 1. The normalized spacial score (nSPS) is 10.6. The first-order valence-corrected chi connectivity index (χ1v) is 7.73. The number of aliphatic hydroxyl groups is 1. The van der Waals surface area contributed by atoms with E-state index in [2.05, 4.69) is 31.2 Å². The summed E-state index contributed by atoms with van der Waals surface area (Å²) in [6.07, 6.45) is 0. The summed E-state index contributed by atoms with van der Waals surface area (Å²) in [6, 6.07) is 16.5. The summed E-state index contributed by atoms with van der Waals surface area (Å²) in [5.74, 6) is 1.10. The molecule has 18 heavy (non-hydrogen) atoms. The molecule has 0 aliphatic rings. The average molecular weight is 276 g/mol. The van der Waals surface area contributed by atoms with Crippen molar-refractivity contribution in [3.8, 4) is 0 Å². The van der Waals surface area contributed by atoms with Gasteiger partial charge in [-0.2, -0.15) is 0 Å². The molecule has 0 heterocycles. The Morgan fingerprint density at radius 2 is 1.61 bits per heavy atom. The van der Waals surface area contributed by atoms with Crippen molar-refractivity contribution in [2.45, 2.75) is 28.2 Å². The molecule has 2 aromatic rings. The third-order valence-electron chi connectivity index (χ3n) is 2.51. The van der Waals surface area contributed by atoms with Crippen LogP contribution in [0.15, 0.2) is 63.2 Å². The lowest BCUT2D eigenvalue weighted by molar-refractivity contribution is 0.279. The van der Waals surface area contributed by atoms with Gasteiger partial charge in [-0.3, -0.25) is 0 Å². The van der Waals surface area contributed by atoms with E-state index in [0.717, 1.165) is 16.2 Å². The van der Waals surface area contributed by atoms with E-state index >= 15 is 0 Å². The van der Waals surface area contributed by atoms with Crippen LogP contribution in [0, 0.1) is 0 Å². The van der Waals surface area contributed by atoms with Gasteiger partial charge in [-0.25, -0.2) is 0 Å². The first-order valence-electron chi connectivity index (χ1n) is 5.93. The third kappa shape index (κ3) is 3.55. The monoisotopic (exact) mass is 276 g/mol. The van der Waals surface area contributed by atoms with Crippen molar-refractivity contribution in [1.82, 2.24) is 0 Å². The molecule has 0 unspecified atom stereocenters. The second-order valence-electron chi connectivity index (χ2n) is 3.77. The van der Waals surface area contributed by atoms with Crippen LogP contribution in [0.2, 0.25) is 0 Å². The number of thioether (sulfide) groups is 1. The molecule has 0 amide bonds. The minimum Gasteiger partial charge on any atom is -0.392 e. The van der Waals surface area contributed by atoms with Crippen molar-refractivity contribution in [2.75, 3.05) is 5.75 Å². The summed E-state index contributed by atoms with van der Waals surface area (Å²) >= 11 is 3.55. The zero-order valence-corrected chi connectivity index (χ0v) is 11.9. The molecule has 94 valence electrons. The standard InChI is InChI=1S/C15H16OS2/c1-2-17-13-7-9-14(10-8-13)18-15-6-4-3-5-12(15)11-16/h3-10,16H,2,11H2,1H3. The van der Waals surface area contributed by atoms with Gasteiger partial charge in [-0.05, 0) is 41.6 Å². The van der Waals surface area contributed by atoms with E-state index in [1.54, 1.807) is 11.8 Å². The van der Waals surface area contributed by atoms with Crippen molar-refractivity contribution >= 4 is 23.5 Å². The molecule has 0 aliphatic carbocycles. The van der Waals surface area contributed by atoms with Crippen LogP contribution < -0.4 is 0 Å². The number of benzene rings is 2. The van der Waals surface area contributed by atoms with Crippen LogP contribution in [0.1, 0.15) is 12.5 Å². The van der Waals surface area contributed by atoms with E-state index in [0.29, 0.717) is 0 Å². The van der Waals surface area contributed by atoms with Crippen molar-refractivity contribution in [1.29, 1.82) is 0 Å². The maximum atomic E-state index is 9.29. The minimum absolute atomic E-state index is 0.0902. The molecule has 2 aromatic carbocycles. The van der Waals surface area contributed by atoms with Crippen molar-refractivity contribution in [2.24, 2.45) is 0 Å². The molecule has 3 heteroatoms. The fourth-order valence-electron chi connectivity index (χ4n) is 1.63. The summed E-state index contributed by atoms with van der Waals surface area (Å²) in [5, 5.41) is 9.29. The van der Waals surface area contributed by atoms with Gasteiger partial charge in [0.2, 0.25) is 0 Å². The second-order valence-corrected chi connectivity index (χ2v) is 6.23. The fourth-order valence-corrected chi connectivity index (χ4v) is 3.23. The van der Waals surface area contributed by atoms with Gasteiger partial charge >= 0.3 is 0 Å². The lowest BCUT2D eigenvalue weighted by Crippen LogP contribution is -1.86. The molecule has 0 aliphatic heterocycles. The van der Waals surface area contributed by atoms with Crippen LogP contribution in [0.3, 0.4) is 0 Å². The summed E-state index contributed by atoms with van der Waals surface area (Å²) in [5.41, 5.74) is 0.981. The highest BCUT2D eigenvalue weighted by Gasteiger charge is 2.03. The van der Waals surface area contributed by atoms with E-state index in [1.165, 1.54) is 9.79 Å². The van der Waals surface area contributed by atoms with Gasteiger partial charge in [-0.1, -0.05) is 36.9 Å². The molecule has 0 spiro atoms. The smallest absolute Gasteiger partial charge is 0.0692 e. The predicted molar refractivity (Wildman–Crippen MR) is 79.3 cm³/mol. The molecular weight excluding hydrogens is 260 g/mol. The lowest BCUT2D eigenvalue weighted by Gasteiger charge is -2.07. The van der Waals surface area contributed by atoms with E-state index < -0.39 is 0 Å². The van der Waals surface area contributed by atoms with Crippen LogP contribution in [0.25, 0.3) is 0 Å². The van der Waals surface area contributed by atoms with E-state index in [9.17, 15) is 5.11 Å². The summed E-state index contributed by atoms with van der Waals surface area (Å²) in [7, 11) is 0. The van der Waals surface area contributed by atoms with Gasteiger partial charge in [0.05, 0.1) is 6.61 Å². The van der Waals surface area contributed by atoms with Gasteiger partial charge in [0.15, 0.2) is 0 Å². The quantitative estimate of drug-likeness (QED) is 0.815. The fraction of sp³-hybridized carbons (Fsp3) is 0.200. The first kappa shape index (κ1) is 13.5. The molecule has 0 bridgehead atoms. The highest BCUT2D eigenvalue weighted by molar-refractivity contribution is 7.99. The number of hydrogen-bond acceptors (Lipinski definition) is 3. The van der Waals surface area contributed by atoms with Gasteiger partial charge in [-0.15, -0.1) is 11.8 Å². The zero-order chi connectivity index (χ0) is 12.8. The average Bonchev–Trinajstić information content (AvgIpc) is 2.42. The van der Waals surface area contributed by atoms with Gasteiger partial charge in [0.25, 0.3) is 0 Å². The second kappa shape index (κ2) is 6.88. The Hall–Kier alpha value is -0.900. The first-order chi connectivity index (χ1) is 8.83. The predicted octanol–water partition coefficient (Wildman–Crippen LogP) is 4.44. The molecular formula is C15H16OS2. The summed E-state index contributed by atoms with van der Waals surface area (Å²) < 4.78 is 0. The largest absolute Gasteiger partial charge is 0.392 e. The van der Waals surface area contributed by atoms with Gasteiger partial charge in [0, 0.05) is 14.7 Å². The molecule has 1 N–H and O–H groups in total. The molecule has 0 radical (unpaired) electrons. The highest BCUT2D eigenvalue weighted by atomic mass is 32.2. The topological polar surface area (TPSA) is 20.2 Å². The molecule has 1 nitrogen and oxygen atoms in total. The molecule has 2 rings (SSSR count). The van der Waals surface area contributed by atoms with E-state index in [4.69, 9.17) is 0 Å². The van der Waals surface area contributed by atoms with Crippen LogP contribution in [-0.4, -0.2) is 10.9 Å². The molecule has 0 saturated carbocycles. The van der Waals surface area contributed by atoms with E-state index in [1.807, 2.05) is 36.0 Å². The zero-order valence-electron chi connectivity index (χ0n) is 10.3. The van der Waals surface area contributed by atoms with Crippen LogP contribution in [0.4, 0.5) is 0 Å². The third-order valence-corrected chi connectivity index (χ3v) is 4.53. The van der Waals surface area contributed by atoms with Gasteiger partial charge < -0.3 is 5.11 Å². The van der Waals surface area contributed by atoms with E-state index in [-0.39, 0.29) is 6.61 Å². The molecule has 0 atom stereocenters. The van der Waals surface area contributed by atoms with Crippen molar-refractivity contribution in [3.05, 3.63) is 54.1 Å². The Morgan fingerprint density at radius 3 is 2.28 bits per heavy atom. The summed E-state index contributed by atoms with van der Waals surface area (Å²) in [4.78, 5) is 3.63. The molecule has 0 fully saturated rings. The Morgan fingerprint density at radius 1 is 0.944 bits per heavy atom. The molecule has 0 saturated heterocycles.